The Hall–Kier alpha value is -3.92. The molecule has 1 fully saturated rings. The quantitative estimate of drug-likeness (QED) is 0.441. The third-order valence-corrected chi connectivity index (χ3v) is 7.01. The van der Waals surface area contributed by atoms with Gasteiger partial charge in [0.1, 0.15) is 11.8 Å². The molecule has 2 aliphatic heterocycles. The van der Waals surface area contributed by atoms with Gasteiger partial charge in [0, 0.05) is 23.6 Å². The Morgan fingerprint density at radius 3 is 2.75 bits per heavy atom. The minimum Gasteiger partial charge on any atom is -0.497 e. The van der Waals surface area contributed by atoms with Gasteiger partial charge in [0.05, 0.1) is 19.2 Å². The van der Waals surface area contributed by atoms with Crippen LogP contribution in [0.4, 0.5) is 0 Å². The highest BCUT2D eigenvalue weighted by Crippen LogP contribution is 2.37. The van der Waals surface area contributed by atoms with Gasteiger partial charge >= 0.3 is 0 Å². The van der Waals surface area contributed by atoms with Crippen LogP contribution >= 0.6 is 0 Å². The van der Waals surface area contributed by atoms with Crippen LogP contribution < -0.4 is 19.8 Å². The first-order chi connectivity index (χ1) is 17.6. The minimum atomic E-state index is -0.389. The topological polar surface area (TPSA) is 107 Å². The van der Waals surface area contributed by atoms with E-state index in [2.05, 4.69) is 32.3 Å². The molecule has 4 heterocycles. The highest BCUT2D eigenvalue weighted by molar-refractivity contribution is 5.83. The molecule has 6 rings (SSSR count). The summed E-state index contributed by atoms with van der Waals surface area (Å²) in [6.45, 7) is 4.63. The van der Waals surface area contributed by atoms with E-state index in [9.17, 15) is 4.79 Å². The van der Waals surface area contributed by atoms with Gasteiger partial charge in [-0.05, 0) is 65.6 Å². The van der Waals surface area contributed by atoms with Crippen LogP contribution in [0.15, 0.2) is 47.3 Å². The van der Waals surface area contributed by atoms with Crippen molar-refractivity contribution in [2.45, 2.75) is 32.4 Å². The zero-order valence-electron chi connectivity index (χ0n) is 20.3. The van der Waals surface area contributed by atoms with Crippen LogP contribution in [0.2, 0.25) is 0 Å². The molecule has 186 valence electrons. The molecule has 0 bridgehead atoms. The van der Waals surface area contributed by atoms with E-state index in [0.717, 1.165) is 42.6 Å². The summed E-state index contributed by atoms with van der Waals surface area (Å²) in [5.41, 5.74) is 2.19. The molecule has 36 heavy (non-hydrogen) atoms. The van der Waals surface area contributed by atoms with E-state index in [1.54, 1.807) is 11.8 Å². The van der Waals surface area contributed by atoms with Gasteiger partial charge in [0.2, 0.25) is 6.79 Å². The standard InChI is InChI=1S/C26H28N6O4/c1-16-4-3-9-31(13-16)24(25-28-29-30-32(25)14-17-5-7-19(34-2)8-6-17)20-10-18-11-22-23(36-15-35-22)12-21(18)27-26(20)33/h5-8,10-12,16,24H,3-4,9,13-15H2,1-2H3,(H,27,33)/t16-,24+/m1/s1. The van der Waals surface area contributed by atoms with Crippen molar-refractivity contribution in [3.05, 3.63) is 69.8 Å². The summed E-state index contributed by atoms with van der Waals surface area (Å²) in [7, 11) is 1.65. The molecule has 0 aliphatic carbocycles. The van der Waals surface area contributed by atoms with E-state index in [4.69, 9.17) is 14.2 Å². The zero-order chi connectivity index (χ0) is 24.6. The Bertz CT molecular complexity index is 1450. The van der Waals surface area contributed by atoms with Crippen molar-refractivity contribution in [3.8, 4) is 17.2 Å². The van der Waals surface area contributed by atoms with Crippen molar-refractivity contribution >= 4 is 10.9 Å². The number of aromatic nitrogens is 5. The van der Waals surface area contributed by atoms with E-state index in [1.807, 2.05) is 42.5 Å². The van der Waals surface area contributed by atoms with Crippen LogP contribution in [0.3, 0.4) is 0 Å². The van der Waals surface area contributed by atoms with Gasteiger partial charge in [-0.3, -0.25) is 9.69 Å². The van der Waals surface area contributed by atoms with Gasteiger partial charge in [-0.1, -0.05) is 19.1 Å². The van der Waals surface area contributed by atoms with Crippen molar-refractivity contribution in [1.29, 1.82) is 0 Å². The number of H-pyrrole nitrogens is 1. The van der Waals surface area contributed by atoms with Gasteiger partial charge < -0.3 is 19.2 Å². The summed E-state index contributed by atoms with van der Waals surface area (Å²) in [5, 5.41) is 13.6. The summed E-state index contributed by atoms with van der Waals surface area (Å²) >= 11 is 0. The number of pyridine rings is 1. The maximum atomic E-state index is 13.5. The fourth-order valence-corrected chi connectivity index (χ4v) is 5.20. The first-order valence-corrected chi connectivity index (χ1v) is 12.2. The number of rotatable bonds is 6. The molecule has 10 nitrogen and oxygen atoms in total. The Labute approximate surface area is 207 Å². The molecule has 1 saturated heterocycles. The van der Waals surface area contributed by atoms with Crippen LogP contribution in [0.5, 0.6) is 17.2 Å². The molecule has 2 aliphatic rings. The Kier molecular flexibility index (Phi) is 5.80. The number of likely N-dealkylation sites (tertiary alicyclic amines) is 1. The third kappa shape index (κ3) is 4.17. The van der Waals surface area contributed by atoms with E-state index in [-0.39, 0.29) is 18.4 Å². The average Bonchev–Trinajstić information content (AvgIpc) is 3.53. The Balaban J connectivity index is 1.44. The van der Waals surface area contributed by atoms with Gasteiger partial charge in [0.15, 0.2) is 17.3 Å². The highest BCUT2D eigenvalue weighted by Gasteiger charge is 2.33. The first kappa shape index (κ1) is 22.5. The predicted molar refractivity (Wildman–Crippen MR) is 132 cm³/mol. The maximum absolute atomic E-state index is 13.5. The molecule has 1 N–H and O–H groups in total. The van der Waals surface area contributed by atoms with E-state index >= 15 is 0 Å². The molecule has 0 saturated carbocycles. The fraction of sp³-hybridized carbons (Fsp3) is 0.385. The normalized spacial score (nSPS) is 18.4. The summed E-state index contributed by atoms with van der Waals surface area (Å²) in [6, 6.07) is 13.1. The van der Waals surface area contributed by atoms with Crippen molar-refractivity contribution in [2.24, 2.45) is 5.92 Å². The summed E-state index contributed by atoms with van der Waals surface area (Å²) in [4.78, 5) is 18.9. The second kappa shape index (κ2) is 9.27. The lowest BCUT2D eigenvalue weighted by atomic mass is 9.95. The lowest BCUT2D eigenvalue weighted by molar-refractivity contribution is 0.141. The molecule has 0 spiro atoms. The molecular weight excluding hydrogens is 460 g/mol. The zero-order valence-corrected chi connectivity index (χ0v) is 20.3. The number of hydrogen-bond donors (Lipinski definition) is 1. The van der Waals surface area contributed by atoms with Gasteiger partial charge in [-0.25, -0.2) is 4.68 Å². The number of nitrogens with one attached hydrogen (secondary N) is 1. The Morgan fingerprint density at radius 2 is 1.97 bits per heavy atom. The maximum Gasteiger partial charge on any atom is 0.253 e. The number of tetrazole rings is 1. The molecule has 2 aromatic carbocycles. The molecule has 10 heteroatoms. The number of hydrogen-bond acceptors (Lipinski definition) is 8. The first-order valence-electron chi connectivity index (χ1n) is 12.2. The SMILES string of the molecule is COc1ccc(Cn2nnnc2[C@H](c2cc3cc4c(cc3[nH]c2=O)OCO4)N2CCC[C@@H](C)C2)cc1. The summed E-state index contributed by atoms with van der Waals surface area (Å²) in [6.07, 6.45) is 2.22. The number of nitrogens with zero attached hydrogens (tertiary/aromatic N) is 5. The number of benzene rings is 2. The molecular formula is C26H28N6O4. The van der Waals surface area contributed by atoms with Gasteiger partial charge in [0.25, 0.3) is 5.56 Å². The smallest absolute Gasteiger partial charge is 0.253 e. The van der Waals surface area contributed by atoms with Crippen LogP contribution in [0.25, 0.3) is 10.9 Å². The molecule has 0 unspecified atom stereocenters. The minimum absolute atomic E-state index is 0.163. The average molecular weight is 489 g/mol. The Morgan fingerprint density at radius 1 is 1.17 bits per heavy atom. The van der Waals surface area contributed by atoms with Crippen molar-refractivity contribution < 1.29 is 14.2 Å². The number of ether oxygens (including phenoxy) is 3. The van der Waals surface area contributed by atoms with Crippen molar-refractivity contribution in [3.63, 3.8) is 0 Å². The monoisotopic (exact) mass is 488 g/mol. The number of piperidine rings is 1. The number of methoxy groups -OCH3 is 1. The number of fused-ring (bicyclic) bond motifs is 2. The van der Waals surface area contributed by atoms with Crippen LogP contribution in [-0.4, -0.2) is 57.1 Å². The third-order valence-electron chi connectivity index (χ3n) is 7.01. The summed E-state index contributed by atoms with van der Waals surface area (Å²) < 4.78 is 18.1. The lowest BCUT2D eigenvalue weighted by Crippen LogP contribution is -2.41. The van der Waals surface area contributed by atoms with Crippen LogP contribution in [0, 0.1) is 5.92 Å². The van der Waals surface area contributed by atoms with Gasteiger partial charge in [-0.2, -0.15) is 0 Å². The van der Waals surface area contributed by atoms with Gasteiger partial charge in [-0.15, -0.1) is 5.10 Å². The van der Waals surface area contributed by atoms with Crippen LogP contribution in [-0.2, 0) is 6.54 Å². The van der Waals surface area contributed by atoms with Crippen molar-refractivity contribution in [1.82, 2.24) is 30.1 Å². The predicted octanol–water partition coefficient (Wildman–Crippen LogP) is 3.12. The molecule has 2 atom stereocenters. The summed E-state index contributed by atoms with van der Waals surface area (Å²) in [5.74, 6) is 3.26. The largest absolute Gasteiger partial charge is 0.497 e. The number of aromatic amines is 1. The van der Waals surface area contributed by atoms with E-state index in [1.165, 1.54) is 0 Å². The molecule has 2 aromatic heterocycles. The molecule has 0 radical (unpaired) electrons. The van der Waals surface area contributed by atoms with Crippen molar-refractivity contribution in [2.75, 3.05) is 27.0 Å². The second-order valence-corrected chi connectivity index (χ2v) is 9.53. The van der Waals surface area contributed by atoms with E-state index in [0.29, 0.717) is 40.9 Å². The fourth-order valence-electron chi connectivity index (χ4n) is 5.20. The lowest BCUT2D eigenvalue weighted by Gasteiger charge is -2.36. The second-order valence-electron chi connectivity index (χ2n) is 9.53. The van der Waals surface area contributed by atoms with E-state index < -0.39 is 0 Å². The van der Waals surface area contributed by atoms with Crippen LogP contribution in [0.1, 0.15) is 42.8 Å². The highest BCUT2D eigenvalue weighted by atomic mass is 16.7. The molecule has 0 amide bonds. The molecule has 4 aromatic rings.